The van der Waals surface area contributed by atoms with E-state index in [-0.39, 0.29) is 69.8 Å². The fraction of sp³-hybridized carbons (Fsp3) is 0.500. The zero-order chi connectivity index (χ0) is 31.9. The van der Waals surface area contributed by atoms with Gasteiger partial charge in [0.2, 0.25) is 11.8 Å². The van der Waals surface area contributed by atoms with Crippen LogP contribution in [0.25, 0.3) is 0 Å². The van der Waals surface area contributed by atoms with Gasteiger partial charge in [0.25, 0.3) is 0 Å². The molecule has 0 radical (unpaired) electrons. The van der Waals surface area contributed by atoms with E-state index in [9.17, 15) is 27.6 Å². The first kappa shape index (κ1) is 34.2. The maximum atomic E-state index is 13.5. The first-order chi connectivity index (χ1) is 20.1. The number of rotatable bonds is 14. The highest BCUT2D eigenvalue weighted by Gasteiger charge is 2.38. The Kier molecular flexibility index (Phi) is 11.5. The van der Waals surface area contributed by atoms with Crippen molar-refractivity contribution >= 4 is 30.0 Å². The van der Waals surface area contributed by atoms with Crippen LogP contribution in [-0.4, -0.2) is 55.7 Å². The lowest BCUT2D eigenvalue weighted by molar-refractivity contribution is -0.137. The zero-order valence-corrected chi connectivity index (χ0v) is 24.8. The van der Waals surface area contributed by atoms with E-state index in [1.165, 1.54) is 12.1 Å². The summed E-state index contributed by atoms with van der Waals surface area (Å²) in [6.45, 7) is 6.11. The molecule has 2 atom stereocenters. The van der Waals surface area contributed by atoms with E-state index in [4.69, 9.17) is 21.9 Å². The van der Waals surface area contributed by atoms with Crippen LogP contribution in [0.1, 0.15) is 55.4 Å². The molecule has 234 valence electrons. The molecule has 1 aliphatic rings. The number of nitrogens with two attached hydrogens (primary N) is 3. The Morgan fingerprint density at radius 2 is 1.60 bits per heavy atom. The smallest absolute Gasteiger partial charge is 0.416 e. The van der Waals surface area contributed by atoms with Crippen molar-refractivity contribution in [1.82, 2.24) is 10.6 Å². The van der Waals surface area contributed by atoms with Gasteiger partial charge in [-0.2, -0.15) is 13.2 Å². The lowest BCUT2D eigenvalue weighted by Crippen LogP contribution is -2.49. The minimum absolute atomic E-state index is 0.0234. The number of amides is 2. The maximum Gasteiger partial charge on any atom is 0.416 e. The summed E-state index contributed by atoms with van der Waals surface area (Å²) in [5.74, 6) is -1.23. The molecule has 1 aliphatic heterocycles. The van der Waals surface area contributed by atoms with E-state index in [0.29, 0.717) is 5.56 Å². The van der Waals surface area contributed by atoms with Crippen LogP contribution >= 0.6 is 0 Å². The number of fused-ring (bicyclic) bond motifs is 1. The summed E-state index contributed by atoms with van der Waals surface area (Å²) in [7, 11) is 0. The van der Waals surface area contributed by atoms with Crippen molar-refractivity contribution in [1.29, 1.82) is 0 Å². The number of nitrogens with one attached hydrogen (secondary N) is 2. The van der Waals surface area contributed by atoms with E-state index in [2.05, 4.69) is 10.6 Å². The molecule has 0 saturated carbocycles. The first-order valence-corrected chi connectivity index (χ1v) is 14.4. The largest absolute Gasteiger partial charge is 0.422 e. The van der Waals surface area contributed by atoms with Crippen molar-refractivity contribution in [3.63, 3.8) is 0 Å². The molecule has 1 heterocycles. The molecule has 43 heavy (non-hydrogen) atoms. The van der Waals surface area contributed by atoms with Gasteiger partial charge < -0.3 is 32.5 Å². The number of carbonyl (C=O) groups excluding carboxylic acids is 3. The Labute approximate surface area is 250 Å². The second-order valence-corrected chi connectivity index (χ2v) is 11.5. The molecule has 0 aliphatic carbocycles. The fourth-order valence-corrected chi connectivity index (χ4v) is 5.20. The number of carbonyl (C=O) groups is 3. The molecule has 2 aromatic carbocycles. The number of Topliss-reactive ketones (excluding diaryl/α,β-unsaturated/α-hetero) is 1. The third-order valence-corrected chi connectivity index (χ3v) is 7.71. The number of hydrogen-bond acceptors (Lipinski definition) is 7. The second kappa shape index (κ2) is 14.5. The van der Waals surface area contributed by atoms with Crippen LogP contribution in [0.3, 0.4) is 0 Å². The van der Waals surface area contributed by atoms with Gasteiger partial charge in [0.05, 0.1) is 29.3 Å². The molecule has 2 amide bonds. The molecule has 9 nitrogen and oxygen atoms in total. The van der Waals surface area contributed by atoms with E-state index >= 15 is 0 Å². The van der Waals surface area contributed by atoms with Gasteiger partial charge in [-0.3, -0.25) is 14.4 Å². The third-order valence-electron chi connectivity index (χ3n) is 7.71. The predicted molar refractivity (Wildman–Crippen MR) is 159 cm³/mol. The Hall–Kier alpha value is -3.26. The van der Waals surface area contributed by atoms with Crippen LogP contribution < -0.4 is 33.3 Å². The Bertz CT molecular complexity index is 1290. The minimum atomic E-state index is -4.46. The van der Waals surface area contributed by atoms with Gasteiger partial charge in [-0.15, -0.1) is 0 Å². The van der Waals surface area contributed by atoms with Gasteiger partial charge in [-0.05, 0) is 67.4 Å². The lowest BCUT2D eigenvalue weighted by Gasteiger charge is -2.22. The monoisotopic (exact) mass is 603 g/mol. The molecule has 8 N–H and O–H groups in total. The molecule has 3 rings (SSSR count). The molecular weight excluding hydrogens is 562 g/mol. The highest BCUT2D eigenvalue weighted by Crippen LogP contribution is 2.31. The normalized spacial score (nSPS) is 15.6. The van der Waals surface area contributed by atoms with Crippen molar-refractivity contribution in [3.8, 4) is 0 Å². The maximum absolute atomic E-state index is 13.5. The van der Waals surface area contributed by atoms with Crippen molar-refractivity contribution in [2.24, 2.45) is 17.2 Å². The van der Waals surface area contributed by atoms with Crippen LogP contribution in [0.2, 0.25) is 6.82 Å². The van der Waals surface area contributed by atoms with Gasteiger partial charge in [0.15, 0.2) is 5.78 Å². The number of aryl methyl sites for hydroxylation is 1. The molecule has 0 aromatic heterocycles. The molecule has 13 heteroatoms. The van der Waals surface area contributed by atoms with Crippen molar-refractivity contribution in [2.45, 2.75) is 82.7 Å². The average molecular weight is 603 g/mol. The summed E-state index contributed by atoms with van der Waals surface area (Å²) >= 11 is 0. The topological polar surface area (TPSA) is 163 Å². The number of benzene rings is 2. The van der Waals surface area contributed by atoms with Gasteiger partial charge in [0, 0.05) is 25.9 Å². The minimum Gasteiger partial charge on any atom is -0.422 e. The van der Waals surface area contributed by atoms with Crippen LogP contribution in [0.5, 0.6) is 0 Å². The van der Waals surface area contributed by atoms with Crippen LogP contribution in [0, 0.1) is 0 Å². The van der Waals surface area contributed by atoms with Gasteiger partial charge in [-0.1, -0.05) is 37.2 Å². The molecule has 0 bridgehead atoms. The SMILES string of the molecule is CB1OC(C)(C)c2ccc(CC(=O)[C@@H](CCc3ccc(C(F)(F)F)cc3)NC(=O)[C@@H](N)CCC(=O)NC(CN)CN)cc21. The number of alkyl halides is 3. The zero-order valence-electron chi connectivity index (χ0n) is 24.8. The van der Waals surface area contributed by atoms with Crippen molar-refractivity contribution in [3.05, 3.63) is 64.7 Å². The standard InChI is InChI=1S/C30H41BF3N5O4/c1-29(2)22-10-6-19(14-23(22)31(3)43-29)15-26(40)25(12-7-18-4-8-20(9-5-18)30(32,33)34)39-28(42)24(37)11-13-27(41)38-21(16-35)17-36/h4-6,8-10,14,21,24-25H,7,11-13,15-17,35-37H2,1-3H3,(H,38,41)(H,39,42)/t24-,25+/m0/s1. The molecular formula is C30H41BF3N5O4. The van der Waals surface area contributed by atoms with E-state index in [1.54, 1.807) is 0 Å². The van der Waals surface area contributed by atoms with Crippen molar-refractivity contribution < 1.29 is 32.2 Å². The number of hydrogen-bond donors (Lipinski definition) is 5. The van der Waals surface area contributed by atoms with Crippen molar-refractivity contribution in [2.75, 3.05) is 13.1 Å². The quantitative estimate of drug-likeness (QED) is 0.205. The Morgan fingerprint density at radius 3 is 2.21 bits per heavy atom. The summed E-state index contributed by atoms with van der Waals surface area (Å²) in [4.78, 5) is 38.7. The lowest BCUT2D eigenvalue weighted by atomic mass is 9.63. The summed E-state index contributed by atoms with van der Waals surface area (Å²) in [5, 5.41) is 5.38. The average Bonchev–Trinajstić information content (AvgIpc) is 3.18. The van der Waals surface area contributed by atoms with Crippen LogP contribution in [0.4, 0.5) is 13.2 Å². The highest BCUT2D eigenvalue weighted by atomic mass is 19.4. The summed E-state index contributed by atoms with van der Waals surface area (Å²) in [6.07, 6.45) is -4.06. The summed E-state index contributed by atoms with van der Waals surface area (Å²) < 4.78 is 45.0. The number of halogens is 3. The van der Waals surface area contributed by atoms with E-state index in [0.717, 1.165) is 28.7 Å². The van der Waals surface area contributed by atoms with Gasteiger partial charge in [-0.25, -0.2) is 0 Å². The Morgan fingerprint density at radius 1 is 0.977 bits per heavy atom. The van der Waals surface area contributed by atoms with Gasteiger partial charge >= 0.3 is 13.1 Å². The van der Waals surface area contributed by atoms with E-state index in [1.807, 2.05) is 38.9 Å². The van der Waals surface area contributed by atoms with Gasteiger partial charge in [0.1, 0.15) is 0 Å². The predicted octanol–water partition coefficient (Wildman–Crippen LogP) is 1.54. The molecule has 0 unspecified atom stereocenters. The summed E-state index contributed by atoms with van der Waals surface area (Å²) in [5.41, 5.74) is 19.3. The summed E-state index contributed by atoms with van der Waals surface area (Å²) in [6, 6.07) is 8.01. The molecule has 0 fully saturated rings. The van der Waals surface area contributed by atoms with Crippen LogP contribution in [-0.2, 0) is 43.7 Å². The molecule has 0 spiro atoms. The first-order valence-electron chi connectivity index (χ1n) is 14.4. The van der Waals surface area contributed by atoms with Crippen LogP contribution in [0.15, 0.2) is 42.5 Å². The number of ketones is 1. The molecule has 0 saturated heterocycles. The Balaban J connectivity index is 1.71. The third kappa shape index (κ3) is 9.36. The van der Waals surface area contributed by atoms with E-state index < -0.39 is 35.3 Å². The molecule has 2 aromatic rings. The second-order valence-electron chi connectivity index (χ2n) is 11.5. The fourth-order valence-electron chi connectivity index (χ4n) is 5.20. The highest BCUT2D eigenvalue weighted by molar-refractivity contribution is 6.67.